The molecular weight excluding hydrogens is 960 g/mol. The van der Waals surface area contributed by atoms with E-state index in [2.05, 4.69) is 211 Å². The Balaban J connectivity index is 0.00000560. The standard InChI is InChI=1S/C59H66N4.Pt/c1-34(2)45-18-17-19-46(35(3)4)54(45)63-55(61-59(16)50-27-38(7)37(6)25-41(50)33-58(59,63)15)40-28-43(57(12,13)14)30-44(29-40)62-52-21-20-36(5)24-48(52)49-26-39(8)47(32-53(49)62)51-31-42(22-23-60-51)56(9,10)11;/h17-28,30-31,34-35H,33H2,1-16H3;/q-2;+2/t58-,59+;/m0./s1. The SMILES string of the molecule is Cc1ccc2c(c1)c1cc(C)c(-c3cc(C(C)(C)C)ccn3)[c-]c1n2-c1[c-]c(C2=N[C@]3(C)c4cc(C)c(C)cc4C[C@]3(C)N2c2c(C(C)C)cccc2C(C)C)cc(C(C)(C)C)c1.[Pt+2]. The second kappa shape index (κ2) is 15.7. The van der Waals surface area contributed by atoms with Gasteiger partial charge in [-0.3, -0.25) is 0 Å². The number of aliphatic imine (C=N–C) groups is 1. The van der Waals surface area contributed by atoms with E-state index < -0.39 is 5.54 Å². The van der Waals surface area contributed by atoms with Crippen LogP contribution in [0.1, 0.15) is 156 Å². The quantitative estimate of drug-likeness (QED) is 0.156. The summed E-state index contributed by atoms with van der Waals surface area (Å²) in [5.74, 6) is 1.63. The molecule has 1 aliphatic carbocycles. The normalized spacial score (nSPS) is 18.6. The number of amidine groups is 1. The molecule has 9 rings (SSSR count). The van der Waals surface area contributed by atoms with Crippen molar-refractivity contribution in [2.24, 2.45) is 4.99 Å². The van der Waals surface area contributed by atoms with Crippen molar-refractivity contribution in [2.45, 2.75) is 151 Å². The number of rotatable bonds is 6. The number of fused-ring (bicyclic) bond motifs is 6. The van der Waals surface area contributed by atoms with E-state index in [9.17, 15) is 0 Å². The number of para-hydroxylation sites is 1. The summed E-state index contributed by atoms with van der Waals surface area (Å²) in [6, 6.07) is 38.3. The van der Waals surface area contributed by atoms with Gasteiger partial charge in [0.05, 0.1) is 16.9 Å². The van der Waals surface area contributed by atoms with Gasteiger partial charge >= 0.3 is 21.1 Å². The van der Waals surface area contributed by atoms with Crippen LogP contribution in [-0.4, -0.2) is 20.9 Å². The summed E-state index contributed by atoms with van der Waals surface area (Å²) in [7, 11) is 0. The van der Waals surface area contributed by atoms with Crippen LogP contribution in [0.3, 0.4) is 0 Å². The van der Waals surface area contributed by atoms with Crippen LogP contribution < -0.4 is 4.90 Å². The van der Waals surface area contributed by atoms with Crippen molar-refractivity contribution in [2.75, 3.05) is 4.90 Å². The van der Waals surface area contributed by atoms with Crippen molar-refractivity contribution in [1.82, 2.24) is 9.55 Å². The maximum absolute atomic E-state index is 6.06. The summed E-state index contributed by atoms with van der Waals surface area (Å²) < 4.78 is 2.41. The topological polar surface area (TPSA) is 33.4 Å². The first-order valence-corrected chi connectivity index (χ1v) is 23.2. The van der Waals surface area contributed by atoms with Crippen molar-refractivity contribution in [3.05, 3.63) is 158 Å². The Hall–Kier alpha value is -4.79. The van der Waals surface area contributed by atoms with E-state index in [-0.39, 0.29) is 37.4 Å². The molecule has 0 N–H and O–H groups in total. The molecule has 0 spiro atoms. The molecule has 0 saturated carbocycles. The summed E-state index contributed by atoms with van der Waals surface area (Å²) in [5, 5.41) is 2.40. The molecule has 5 aromatic carbocycles. The third-order valence-corrected chi connectivity index (χ3v) is 14.7. The molecule has 0 amide bonds. The number of hydrogen-bond donors (Lipinski definition) is 0. The van der Waals surface area contributed by atoms with Crippen LogP contribution in [0.4, 0.5) is 5.69 Å². The molecule has 0 saturated heterocycles. The van der Waals surface area contributed by atoms with E-state index in [0.717, 1.165) is 51.4 Å². The Morgan fingerprint density at radius 3 is 1.98 bits per heavy atom. The third kappa shape index (κ3) is 7.13. The first-order chi connectivity index (χ1) is 29.5. The Morgan fingerprint density at radius 2 is 1.34 bits per heavy atom. The minimum absolute atomic E-state index is 0. The fraction of sp³-hybridized carbons (Fsp3) is 0.390. The van der Waals surface area contributed by atoms with Gasteiger partial charge in [0.1, 0.15) is 0 Å². The van der Waals surface area contributed by atoms with Crippen molar-refractivity contribution < 1.29 is 21.1 Å². The van der Waals surface area contributed by atoms with Crippen LogP contribution in [-0.2, 0) is 43.9 Å². The molecule has 4 nitrogen and oxygen atoms in total. The molecule has 2 atom stereocenters. The van der Waals surface area contributed by atoms with E-state index in [4.69, 9.17) is 9.98 Å². The maximum atomic E-state index is 6.06. The first-order valence-electron chi connectivity index (χ1n) is 23.2. The van der Waals surface area contributed by atoms with Gasteiger partial charge in [-0.15, -0.1) is 52.6 Å². The molecule has 1 aliphatic heterocycles. The van der Waals surface area contributed by atoms with Gasteiger partial charge < -0.3 is 19.4 Å². The molecule has 2 aliphatic rings. The molecular formula is C59H66N4Pt. The van der Waals surface area contributed by atoms with Gasteiger partial charge in [0.25, 0.3) is 0 Å². The smallest absolute Gasteiger partial charge is 0.357 e. The van der Waals surface area contributed by atoms with E-state index in [1.807, 2.05) is 6.20 Å². The van der Waals surface area contributed by atoms with E-state index >= 15 is 0 Å². The van der Waals surface area contributed by atoms with E-state index in [1.54, 1.807) is 0 Å². The zero-order chi connectivity index (χ0) is 45.3. The first kappa shape index (κ1) is 45.8. The van der Waals surface area contributed by atoms with Crippen molar-refractivity contribution in [3.63, 3.8) is 0 Å². The number of aryl methyl sites for hydroxylation is 4. The van der Waals surface area contributed by atoms with Crippen molar-refractivity contribution in [3.8, 4) is 16.9 Å². The molecule has 0 fully saturated rings. The fourth-order valence-corrected chi connectivity index (χ4v) is 10.6. The maximum Gasteiger partial charge on any atom is 2.00 e. The van der Waals surface area contributed by atoms with E-state index in [0.29, 0.717) is 11.8 Å². The Kier molecular flexibility index (Phi) is 11.2. The number of nitrogens with zero attached hydrogens (tertiary/aromatic N) is 4. The summed E-state index contributed by atoms with van der Waals surface area (Å²) in [4.78, 5) is 13.7. The average Bonchev–Trinajstić information content (AvgIpc) is 3.72. The summed E-state index contributed by atoms with van der Waals surface area (Å²) >= 11 is 0. The van der Waals surface area contributed by atoms with Crippen LogP contribution in [0, 0.1) is 39.8 Å². The Morgan fingerprint density at radius 1 is 0.688 bits per heavy atom. The summed E-state index contributed by atoms with van der Waals surface area (Å²) in [6.45, 7) is 36.9. The molecule has 7 aromatic rings. The van der Waals surface area contributed by atoms with Crippen molar-refractivity contribution >= 4 is 33.3 Å². The van der Waals surface area contributed by atoms with Crippen LogP contribution in [0.15, 0.2) is 90.1 Å². The van der Waals surface area contributed by atoms with Gasteiger partial charge in [-0.1, -0.05) is 136 Å². The zero-order valence-corrected chi connectivity index (χ0v) is 43.3. The minimum Gasteiger partial charge on any atom is -0.357 e. The van der Waals surface area contributed by atoms with Crippen LogP contribution in [0.5, 0.6) is 0 Å². The predicted molar refractivity (Wildman–Crippen MR) is 268 cm³/mol. The molecule has 0 bridgehead atoms. The van der Waals surface area contributed by atoms with Gasteiger partial charge in [-0.05, 0) is 137 Å². The average molecular weight is 1030 g/mol. The molecule has 2 aromatic heterocycles. The van der Waals surface area contributed by atoms with Crippen LogP contribution in [0.2, 0.25) is 0 Å². The molecule has 5 heteroatoms. The molecule has 0 radical (unpaired) electrons. The molecule has 3 heterocycles. The van der Waals surface area contributed by atoms with Gasteiger partial charge in [-0.25, -0.2) is 0 Å². The molecule has 0 unspecified atom stereocenters. The zero-order valence-electron chi connectivity index (χ0n) is 41.0. The number of aromatic nitrogens is 2. The van der Waals surface area contributed by atoms with E-state index in [1.165, 1.54) is 66.5 Å². The van der Waals surface area contributed by atoms with Gasteiger partial charge in [0, 0.05) is 17.4 Å². The number of anilines is 1. The van der Waals surface area contributed by atoms with Crippen LogP contribution in [0.25, 0.3) is 38.8 Å². The Labute approximate surface area is 397 Å². The number of benzene rings is 5. The van der Waals surface area contributed by atoms with Gasteiger partial charge in [0.2, 0.25) is 0 Å². The van der Waals surface area contributed by atoms with Crippen molar-refractivity contribution in [1.29, 1.82) is 0 Å². The fourth-order valence-electron chi connectivity index (χ4n) is 10.6. The number of hydrogen-bond acceptors (Lipinski definition) is 3. The Bertz CT molecular complexity index is 3010. The predicted octanol–water partition coefficient (Wildman–Crippen LogP) is 15.0. The second-order valence-electron chi connectivity index (χ2n) is 22.0. The third-order valence-electron chi connectivity index (χ3n) is 14.7. The minimum atomic E-state index is -0.501. The largest absolute Gasteiger partial charge is 2.00 e. The monoisotopic (exact) mass is 1030 g/mol. The van der Waals surface area contributed by atoms with Gasteiger partial charge in [0.15, 0.2) is 0 Å². The van der Waals surface area contributed by atoms with Crippen LogP contribution >= 0.6 is 0 Å². The molecule has 332 valence electrons. The summed E-state index contributed by atoms with van der Waals surface area (Å²) in [6.07, 6.45) is 2.85. The molecule has 64 heavy (non-hydrogen) atoms. The second-order valence-corrected chi connectivity index (χ2v) is 22.0. The number of pyridine rings is 1. The summed E-state index contributed by atoms with van der Waals surface area (Å²) in [5.41, 5.74) is 19.4. The van der Waals surface area contributed by atoms with Gasteiger partial charge in [-0.2, -0.15) is 0 Å².